The number of fused-ring (bicyclic) bond motifs is 2. The highest BCUT2D eigenvalue weighted by molar-refractivity contribution is 5.66. The number of imidazole rings is 1. The fraction of sp³-hybridized carbons (Fsp3) is 0.400. The van der Waals surface area contributed by atoms with Crippen molar-refractivity contribution in [3.63, 3.8) is 0 Å². The molecule has 5 rings (SSSR count). The minimum atomic E-state index is -0.512. The van der Waals surface area contributed by atoms with Crippen LogP contribution in [-0.2, 0) is 0 Å². The molecule has 150 valence electrons. The molecule has 2 aromatic heterocycles. The zero-order valence-electron chi connectivity index (χ0n) is 15.8. The van der Waals surface area contributed by atoms with Crippen LogP contribution < -0.4 is 10.6 Å². The van der Waals surface area contributed by atoms with Crippen LogP contribution in [0.5, 0.6) is 5.75 Å². The Morgan fingerprint density at radius 3 is 2.72 bits per heavy atom. The van der Waals surface area contributed by atoms with Gasteiger partial charge in [-0.3, -0.25) is 0 Å². The number of aromatic nitrogens is 5. The molecule has 1 aromatic carbocycles. The van der Waals surface area contributed by atoms with E-state index in [-0.39, 0.29) is 22.8 Å². The predicted octanol–water partition coefficient (Wildman–Crippen LogP) is 2.51. The summed E-state index contributed by atoms with van der Waals surface area (Å²) in [4.78, 5) is 8.15. The van der Waals surface area contributed by atoms with Crippen molar-refractivity contribution >= 4 is 5.82 Å². The van der Waals surface area contributed by atoms with Gasteiger partial charge in [-0.15, -0.1) is 10.2 Å². The fourth-order valence-corrected chi connectivity index (χ4v) is 4.40. The van der Waals surface area contributed by atoms with Crippen molar-refractivity contribution in [3.8, 4) is 22.8 Å². The van der Waals surface area contributed by atoms with E-state index in [0.29, 0.717) is 23.8 Å². The summed E-state index contributed by atoms with van der Waals surface area (Å²) in [5.41, 5.74) is 0.395. The maximum atomic E-state index is 14.5. The third-order valence-electron chi connectivity index (χ3n) is 5.79. The molecular formula is C20H22FN7O. The smallest absolute Gasteiger partial charge is 0.185 e. The number of halogens is 1. The van der Waals surface area contributed by atoms with Gasteiger partial charge in [-0.1, -0.05) is 0 Å². The van der Waals surface area contributed by atoms with E-state index in [1.54, 1.807) is 12.4 Å². The molecule has 3 aromatic rings. The molecule has 2 aliphatic rings. The second-order valence-electron chi connectivity index (χ2n) is 7.81. The summed E-state index contributed by atoms with van der Waals surface area (Å²) in [7, 11) is 0. The first-order chi connectivity index (χ1) is 14.2. The van der Waals surface area contributed by atoms with Crippen molar-refractivity contribution < 1.29 is 9.50 Å². The maximum absolute atomic E-state index is 14.5. The number of hydrogen-bond acceptors (Lipinski definition) is 7. The van der Waals surface area contributed by atoms with Gasteiger partial charge in [-0.2, -0.15) is 0 Å². The highest BCUT2D eigenvalue weighted by atomic mass is 19.1. The third kappa shape index (κ3) is 3.65. The van der Waals surface area contributed by atoms with Crippen molar-refractivity contribution in [2.24, 2.45) is 5.92 Å². The van der Waals surface area contributed by atoms with Gasteiger partial charge < -0.3 is 20.3 Å². The highest BCUT2D eigenvalue weighted by Gasteiger charge is 2.33. The number of piperidine rings is 1. The summed E-state index contributed by atoms with van der Waals surface area (Å²) in [5, 5.41) is 25.5. The van der Waals surface area contributed by atoms with Gasteiger partial charge in [-0.25, -0.2) is 14.4 Å². The fourth-order valence-electron chi connectivity index (χ4n) is 4.40. The van der Waals surface area contributed by atoms with Crippen LogP contribution in [0.3, 0.4) is 0 Å². The molecular weight excluding hydrogens is 373 g/mol. The zero-order valence-corrected chi connectivity index (χ0v) is 15.8. The number of hydrogen-bond donors (Lipinski definition) is 3. The number of anilines is 1. The van der Waals surface area contributed by atoms with Crippen LogP contribution in [0.15, 0.2) is 37.1 Å². The maximum Gasteiger partial charge on any atom is 0.185 e. The number of nitrogens with zero attached hydrogens (tertiary/aromatic N) is 5. The Balaban J connectivity index is 1.28. The van der Waals surface area contributed by atoms with Gasteiger partial charge in [0.15, 0.2) is 11.6 Å². The lowest BCUT2D eigenvalue weighted by atomic mass is 9.92. The van der Waals surface area contributed by atoms with Crippen molar-refractivity contribution in [2.75, 3.05) is 11.9 Å². The van der Waals surface area contributed by atoms with Gasteiger partial charge in [-0.05, 0) is 37.7 Å². The van der Waals surface area contributed by atoms with Gasteiger partial charge in [0, 0.05) is 37.1 Å². The number of phenols is 1. The minimum Gasteiger partial charge on any atom is -0.507 e. The molecule has 2 atom stereocenters. The Labute approximate surface area is 167 Å². The number of nitrogens with one attached hydrogen (secondary N) is 2. The molecule has 29 heavy (non-hydrogen) atoms. The molecule has 0 saturated carbocycles. The first kappa shape index (κ1) is 18.0. The number of phenolic OH excluding ortho intramolecular Hbond substituents is 1. The van der Waals surface area contributed by atoms with E-state index in [2.05, 4.69) is 30.8 Å². The molecule has 3 N–H and O–H groups in total. The second-order valence-corrected chi connectivity index (χ2v) is 7.81. The molecule has 2 aliphatic heterocycles. The van der Waals surface area contributed by atoms with Crippen LogP contribution in [0.25, 0.3) is 17.1 Å². The first-order valence-corrected chi connectivity index (χ1v) is 9.86. The van der Waals surface area contributed by atoms with Crippen LogP contribution in [0.1, 0.15) is 25.7 Å². The monoisotopic (exact) mass is 395 g/mol. The average molecular weight is 395 g/mol. The van der Waals surface area contributed by atoms with Gasteiger partial charge in [0.25, 0.3) is 0 Å². The Morgan fingerprint density at radius 1 is 1.21 bits per heavy atom. The lowest BCUT2D eigenvalue weighted by Crippen LogP contribution is -2.40. The number of benzene rings is 1. The predicted molar refractivity (Wildman–Crippen MR) is 105 cm³/mol. The van der Waals surface area contributed by atoms with Crippen LogP contribution in [0.4, 0.5) is 10.2 Å². The van der Waals surface area contributed by atoms with Crippen molar-refractivity contribution in [1.29, 1.82) is 0 Å². The molecule has 0 radical (unpaired) electrons. The standard InChI is InChI=1S/C20H22FN7O/c21-16-7-15(18(29)8-17(16)28-4-3-22-11-28)20-24-10-19(26-27-20)23-9-12-5-13-1-2-14(6-12)25-13/h3-4,7-8,10-14,25,29H,1-2,5-6,9H2,(H,23,26). The van der Waals surface area contributed by atoms with Gasteiger partial charge >= 0.3 is 0 Å². The summed E-state index contributed by atoms with van der Waals surface area (Å²) < 4.78 is 16.0. The molecule has 2 unspecified atom stereocenters. The Hall–Kier alpha value is -3.07. The molecule has 2 fully saturated rings. The molecule has 9 heteroatoms. The molecule has 2 saturated heterocycles. The summed E-state index contributed by atoms with van der Waals surface area (Å²) >= 11 is 0. The molecule has 0 amide bonds. The van der Waals surface area contributed by atoms with Crippen molar-refractivity contribution in [3.05, 3.63) is 42.9 Å². The Kier molecular flexibility index (Phi) is 4.59. The number of aromatic hydroxyl groups is 1. The lowest BCUT2D eigenvalue weighted by molar-refractivity contribution is 0.311. The summed E-state index contributed by atoms with van der Waals surface area (Å²) in [6.45, 7) is 0.837. The summed E-state index contributed by atoms with van der Waals surface area (Å²) in [6.07, 6.45) is 11.1. The molecule has 0 aliphatic carbocycles. The van der Waals surface area contributed by atoms with Crippen molar-refractivity contribution in [1.82, 2.24) is 30.0 Å². The molecule has 4 heterocycles. The van der Waals surface area contributed by atoms with Crippen LogP contribution in [0.2, 0.25) is 0 Å². The van der Waals surface area contributed by atoms with Crippen LogP contribution >= 0.6 is 0 Å². The SMILES string of the molecule is Oc1cc(-n2ccnc2)c(F)cc1-c1ncc(NCC2CC3CCC(C2)N3)nn1. The van der Waals surface area contributed by atoms with Gasteiger partial charge in [0.05, 0.1) is 23.8 Å². The van der Waals surface area contributed by atoms with E-state index in [1.165, 1.54) is 54.9 Å². The van der Waals surface area contributed by atoms with Gasteiger partial charge in [0.2, 0.25) is 0 Å². The van der Waals surface area contributed by atoms with E-state index < -0.39 is 5.82 Å². The Bertz CT molecular complexity index is 981. The van der Waals surface area contributed by atoms with E-state index in [4.69, 9.17) is 0 Å². The molecule has 0 spiro atoms. The van der Waals surface area contributed by atoms with Crippen molar-refractivity contribution in [2.45, 2.75) is 37.8 Å². The largest absolute Gasteiger partial charge is 0.507 e. The Morgan fingerprint density at radius 2 is 2.03 bits per heavy atom. The zero-order chi connectivity index (χ0) is 19.8. The van der Waals surface area contributed by atoms with E-state index in [9.17, 15) is 9.50 Å². The van der Waals surface area contributed by atoms with Crippen LogP contribution in [-0.4, -0.2) is 48.5 Å². The average Bonchev–Trinajstić information content (AvgIpc) is 3.38. The number of rotatable bonds is 5. The molecule has 2 bridgehead atoms. The summed E-state index contributed by atoms with van der Waals surface area (Å²) in [5.74, 6) is 0.729. The van der Waals surface area contributed by atoms with Crippen LogP contribution in [0, 0.1) is 11.7 Å². The summed E-state index contributed by atoms with van der Waals surface area (Å²) in [6, 6.07) is 3.83. The van der Waals surface area contributed by atoms with E-state index in [0.717, 1.165) is 6.54 Å². The normalized spacial score (nSPS) is 23.3. The highest BCUT2D eigenvalue weighted by Crippen LogP contribution is 2.32. The van der Waals surface area contributed by atoms with E-state index in [1.807, 2.05) is 0 Å². The topological polar surface area (TPSA) is 101 Å². The van der Waals surface area contributed by atoms with E-state index >= 15 is 0 Å². The quantitative estimate of drug-likeness (QED) is 0.610. The van der Waals surface area contributed by atoms with Gasteiger partial charge in [0.1, 0.15) is 11.6 Å². The minimum absolute atomic E-state index is 0.122. The second kappa shape index (κ2) is 7.40. The first-order valence-electron chi connectivity index (χ1n) is 9.86. The molecule has 8 nitrogen and oxygen atoms in total. The third-order valence-corrected chi connectivity index (χ3v) is 5.79. The lowest BCUT2D eigenvalue weighted by Gasteiger charge is -2.29.